The predicted molar refractivity (Wildman–Crippen MR) is 412 cm³/mol. The van der Waals surface area contributed by atoms with Crippen LogP contribution in [0.1, 0.15) is 150 Å². The second-order valence-corrected chi connectivity index (χ2v) is 30.1. The lowest BCUT2D eigenvalue weighted by molar-refractivity contribution is -0.459. The summed E-state index contributed by atoms with van der Waals surface area (Å²) in [6.07, 6.45) is 3.94. The van der Waals surface area contributed by atoms with E-state index in [0.29, 0.717) is 18.5 Å². The van der Waals surface area contributed by atoms with Gasteiger partial charge >= 0.3 is 23.9 Å². The molecule has 5 rings (SSSR count). The molecule has 3 saturated heterocycles. The Balaban J connectivity index is 1.20. The van der Waals surface area contributed by atoms with Crippen LogP contribution in [0.5, 0.6) is 0 Å². The van der Waals surface area contributed by atoms with Gasteiger partial charge in [-0.05, 0) is 96.8 Å². The first-order valence-corrected chi connectivity index (χ1v) is 39.1. The number of H-pyrrole nitrogens is 2. The molecule has 0 aromatic carbocycles. The van der Waals surface area contributed by atoms with E-state index in [9.17, 15) is 106 Å². The van der Waals surface area contributed by atoms with Crippen molar-refractivity contribution in [1.82, 2.24) is 98.4 Å². The van der Waals surface area contributed by atoms with E-state index >= 15 is 0 Å². The number of amides is 16. The molecule has 0 unspecified atom stereocenters. The number of likely N-dealkylation sites (tertiary alicyclic amines) is 3. The zero-order valence-electron chi connectivity index (χ0n) is 67.4. The molecule has 0 radical (unpaired) electrons. The van der Waals surface area contributed by atoms with Gasteiger partial charge in [0.25, 0.3) is 5.91 Å². The average molecular weight is 1680 g/mol. The number of nitrogens with two attached hydrogens (primary N) is 3. The van der Waals surface area contributed by atoms with Crippen molar-refractivity contribution in [3.63, 3.8) is 0 Å². The van der Waals surface area contributed by atoms with Crippen LogP contribution in [0.2, 0.25) is 0 Å². The summed E-state index contributed by atoms with van der Waals surface area (Å²) in [6.45, 7) is 8.43. The maximum absolute atomic E-state index is 14.6. The van der Waals surface area contributed by atoms with Crippen LogP contribution in [0.3, 0.4) is 0 Å². The summed E-state index contributed by atoms with van der Waals surface area (Å²) in [6, 6.07) is -21.2. The van der Waals surface area contributed by atoms with E-state index in [2.05, 4.69) is 94.5 Å². The number of carboxylic acids is 3. The molecule has 3 aliphatic heterocycles. The van der Waals surface area contributed by atoms with Gasteiger partial charge in [0.15, 0.2) is 6.04 Å². The van der Waals surface area contributed by atoms with Crippen LogP contribution in [-0.2, 0) is 104 Å². The molecule has 47 nitrogen and oxygen atoms in total. The topological polar surface area (TPSA) is 736 Å². The van der Waals surface area contributed by atoms with E-state index in [1.54, 1.807) is 13.8 Å². The van der Waals surface area contributed by atoms with Gasteiger partial charge in [-0.2, -0.15) is 0 Å². The molecule has 3 aliphatic rings. The van der Waals surface area contributed by atoms with Crippen molar-refractivity contribution in [1.29, 1.82) is 0 Å². The summed E-state index contributed by atoms with van der Waals surface area (Å²) < 4.78 is 0. The molecular formula is C72H114N24O23+2. The number of aliphatic hydroxyl groups is 1. The van der Waals surface area contributed by atoms with Gasteiger partial charge in [0.05, 0.1) is 56.6 Å². The highest BCUT2D eigenvalue weighted by atomic mass is 16.4. The van der Waals surface area contributed by atoms with Crippen LogP contribution in [0.4, 0.5) is 0 Å². The zero-order chi connectivity index (χ0) is 88.7. The molecule has 16 amide bonds. The van der Waals surface area contributed by atoms with Crippen LogP contribution in [0.15, 0.2) is 25.0 Å². The third-order valence-electron chi connectivity index (χ3n) is 19.8. The summed E-state index contributed by atoms with van der Waals surface area (Å²) in [4.78, 5) is 276. The number of hydrogen-bond donors (Lipinski definition) is 23. The van der Waals surface area contributed by atoms with Gasteiger partial charge < -0.3 is 120 Å². The van der Waals surface area contributed by atoms with Gasteiger partial charge in [0.1, 0.15) is 84.6 Å². The van der Waals surface area contributed by atoms with Crippen LogP contribution < -0.4 is 91.7 Å². The summed E-state index contributed by atoms with van der Waals surface area (Å²) >= 11 is 0. The summed E-state index contributed by atoms with van der Waals surface area (Å²) in [5, 5.41) is 67.6. The Labute approximate surface area is 683 Å². The van der Waals surface area contributed by atoms with Gasteiger partial charge in [-0.15, -0.1) is 0 Å². The normalized spacial score (nSPS) is 18.0. The number of nitrogens with zero attached hydrogens (tertiary/aromatic N) is 5. The van der Waals surface area contributed by atoms with Gasteiger partial charge in [0.2, 0.25) is 88.6 Å². The van der Waals surface area contributed by atoms with E-state index in [1.807, 2.05) is 0 Å². The third-order valence-corrected chi connectivity index (χ3v) is 19.8. The van der Waals surface area contributed by atoms with Gasteiger partial charge in [-0.25, -0.2) is 9.97 Å². The first kappa shape index (κ1) is 97.1. The maximum atomic E-state index is 14.6. The molecule has 2 aromatic heterocycles. The van der Waals surface area contributed by atoms with Gasteiger partial charge in [0, 0.05) is 57.7 Å². The summed E-state index contributed by atoms with van der Waals surface area (Å²) in [7, 11) is 0. The highest BCUT2D eigenvalue weighted by molar-refractivity contribution is 6.01. The van der Waals surface area contributed by atoms with Crippen LogP contribution in [0, 0.1) is 11.8 Å². The molecule has 0 saturated carbocycles. The molecule has 2 aromatic rings. The number of hydrogen-bond acceptors (Lipinski definition) is 22. The quantitative estimate of drug-likeness (QED) is 0.0166. The number of imidazole rings is 2. The number of nitrogens with one attached hydrogen (secondary N) is 15. The molecule has 5 heterocycles. The van der Waals surface area contributed by atoms with Crippen molar-refractivity contribution >= 4 is 118 Å². The molecule has 0 aliphatic carbocycles. The third kappa shape index (κ3) is 30.8. The minimum atomic E-state index is -1.80. The van der Waals surface area contributed by atoms with Gasteiger partial charge in [-0.3, -0.25) is 108 Å². The van der Waals surface area contributed by atoms with Crippen LogP contribution >= 0.6 is 0 Å². The number of aliphatic carboxylic acids is 3. The number of aromatic amines is 2. The second-order valence-electron chi connectivity index (χ2n) is 30.1. The number of rotatable bonds is 48. The number of carbonyl (C=O) groups excluding carboxylic acids is 16. The Morgan fingerprint density at radius 1 is 0.504 bits per heavy atom. The minimum absolute atomic E-state index is 0.000820. The molecular weight excluding hydrogens is 1570 g/mol. The molecule has 658 valence electrons. The van der Waals surface area contributed by atoms with E-state index < -0.39 is 241 Å². The first-order chi connectivity index (χ1) is 56.1. The Bertz CT molecular complexity index is 3970. The molecule has 15 atom stereocenters. The van der Waals surface area contributed by atoms with Crippen molar-refractivity contribution in [2.24, 2.45) is 29.0 Å². The Morgan fingerprint density at radius 2 is 0.958 bits per heavy atom. The molecule has 0 spiro atoms. The Hall–Kier alpha value is -12.5. The second kappa shape index (κ2) is 47.1. The Morgan fingerprint density at radius 3 is 1.46 bits per heavy atom. The number of aromatic nitrogens is 4. The number of guanidine groups is 1. The molecule has 0 bridgehead atoms. The van der Waals surface area contributed by atoms with Crippen LogP contribution in [-0.4, -0.2) is 303 Å². The molecule has 3 fully saturated rings. The van der Waals surface area contributed by atoms with Crippen molar-refractivity contribution in [2.75, 3.05) is 39.3 Å². The number of carbonyl (C=O) groups is 19. The fourth-order valence-corrected chi connectivity index (χ4v) is 13.3. The van der Waals surface area contributed by atoms with Crippen LogP contribution in [0.25, 0.3) is 0 Å². The molecule has 47 heteroatoms. The smallest absolute Gasteiger partial charge is 0.338 e. The number of carboxylic acid groups (broad SMARTS) is 3. The number of aliphatic hydroxyl groups excluding tert-OH is 1. The fraction of sp³-hybridized carbons (Fsp3) is 0.639. The number of quaternary nitrogens is 1. The zero-order valence-corrected chi connectivity index (χ0v) is 67.4. The van der Waals surface area contributed by atoms with Crippen molar-refractivity contribution < 1.29 is 122 Å². The van der Waals surface area contributed by atoms with Crippen molar-refractivity contribution in [3.05, 3.63) is 36.4 Å². The van der Waals surface area contributed by atoms with E-state index in [1.165, 1.54) is 69.5 Å². The lowest BCUT2D eigenvalue weighted by atomic mass is 10.0. The van der Waals surface area contributed by atoms with Crippen molar-refractivity contribution in [3.8, 4) is 0 Å². The first-order valence-electron chi connectivity index (χ1n) is 39.1. The van der Waals surface area contributed by atoms with E-state index in [0.717, 1.165) is 4.90 Å². The summed E-state index contributed by atoms with van der Waals surface area (Å²) in [5.41, 5.74) is 21.0. The number of primary amides is 1. The van der Waals surface area contributed by atoms with E-state index in [4.69, 9.17) is 22.3 Å². The highest BCUT2D eigenvalue weighted by Crippen LogP contribution is 2.27. The monoisotopic (exact) mass is 1680 g/mol. The SMILES string of the molecule is CC(C)C[C@H](NC(=O)[C@@H]1CCCN1C(=O)[C@@H]1CCCN1C(=O)[C@@H]([NH3+])CCC(=O)O)C(=O)N[C@@H](CC(N)=O)C(=O)N1CCC[C@H]1C(=O)N[C@@H](Cc1c[nH]cn1)C(=O)NCC(=O)N[C@@H](CO)C(=O)N[C@@H](C)C(=O)N[C@@H](CCC[NH+]=C(N)N)C(=O)N[C@@H](C)C(=O)N[C@@H](CCC(=O)O)C(=O)N[C@H](C(=O)N[C@@H](Cc1c[nH]cn1)C(=O)N[C@@H](C)C(=O)O)C(C)C. The average Bonchev–Trinajstić information content (AvgIpc) is 1.66. The van der Waals surface area contributed by atoms with Gasteiger partial charge in [-0.1, -0.05) is 27.7 Å². The lowest BCUT2D eigenvalue weighted by Crippen LogP contribution is -2.78. The standard InChI is InChI=1S/C72H112N24O23/c1-34(2)24-44(89-66(113)50-14-10-22-95(50)70(117)51-15-11-23-96(51)68(115)41(73)16-18-54(100)101)63(110)92-47(27-52(74)98)69(116)94-21-9-13-49(94)65(112)90-45(25-39-28-77-32-81-39)59(106)80-30-53(99)86-48(31-97)64(111)84-37(6)57(104)87-42(12-8-20-79-72(75)76)60(107)83-36(5)58(105)88-43(17-19-55(102)103)61(108)93-56(35(3)4)67(114)91-46(26-40-29-78-33-82-40)62(109)85-38(7)71(118)119/h28-29,32-38,41-51,56,97H,8-27,30-31,73H2,1-7H3,(H2,74,98)(H,77,81)(H,78,82)(H,80,106)(H,83,107)(H,84,111)(H,85,109)(H,86,99)(H,87,104)(H,88,105)(H,89,113)(H,90,112)(H,91,114)(H,92,110)(H,93,108)(H,100,101)(H,102,103)(H,118,119)(H4,75,76,79)/p+2/t36-,37-,38-,41-,42-,43-,44-,45-,46-,47-,48-,49-,50-,51-,56-/m0/s1. The van der Waals surface area contributed by atoms with E-state index in [-0.39, 0.29) is 114 Å². The lowest BCUT2D eigenvalue weighted by Gasteiger charge is -2.32. The minimum Gasteiger partial charge on any atom is -0.481 e. The van der Waals surface area contributed by atoms with Crippen molar-refractivity contribution in [2.45, 2.75) is 242 Å². The predicted octanol–water partition coefficient (Wildman–Crippen LogP) is -11.5. The fourth-order valence-electron chi connectivity index (χ4n) is 13.3. The maximum Gasteiger partial charge on any atom is 0.338 e. The molecule has 28 N–H and O–H groups in total. The molecule has 119 heavy (non-hydrogen) atoms. The Kier molecular flexibility index (Phi) is 38.4. The largest absolute Gasteiger partial charge is 0.481 e. The highest BCUT2D eigenvalue weighted by Gasteiger charge is 2.46. The summed E-state index contributed by atoms with van der Waals surface area (Å²) in [5.74, 6) is -19.8.